The molecule has 0 aromatic heterocycles. The molecular formula is C19H26O2SY-2. The zero-order chi connectivity index (χ0) is 16.5. The van der Waals surface area contributed by atoms with E-state index in [9.17, 15) is 0 Å². The van der Waals surface area contributed by atoms with Crippen molar-refractivity contribution in [3.63, 3.8) is 0 Å². The molecule has 0 spiro atoms. The fourth-order valence-corrected chi connectivity index (χ4v) is 1.49. The molecule has 0 saturated carbocycles. The minimum atomic E-state index is 0. The fourth-order valence-electron chi connectivity index (χ4n) is 1.36. The molecule has 0 aliphatic heterocycles. The molecule has 0 bridgehead atoms. The van der Waals surface area contributed by atoms with Crippen molar-refractivity contribution in [1.29, 1.82) is 0 Å². The molecule has 0 amide bonds. The first-order chi connectivity index (χ1) is 10.9. The van der Waals surface area contributed by atoms with Crippen LogP contribution in [0.2, 0.25) is 0 Å². The topological polar surface area (TPSA) is 18.5 Å². The molecule has 0 fully saturated rings. The van der Waals surface area contributed by atoms with E-state index in [0.717, 1.165) is 36.9 Å². The van der Waals surface area contributed by atoms with Gasteiger partial charge in [-0.05, 0) is 19.1 Å². The van der Waals surface area contributed by atoms with Gasteiger partial charge in [-0.25, -0.2) is 0 Å². The van der Waals surface area contributed by atoms with Crippen LogP contribution < -0.4 is 9.47 Å². The summed E-state index contributed by atoms with van der Waals surface area (Å²) in [6, 6.07) is 20.8. The van der Waals surface area contributed by atoms with E-state index in [1.807, 2.05) is 69.3 Å². The summed E-state index contributed by atoms with van der Waals surface area (Å²) in [4.78, 5) is 0. The molecule has 0 aliphatic rings. The van der Waals surface area contributed by atoms with Gasteiger partial charge in [0.2, 0.25) is 0 Å². The SMILES string of the molecule is CC.CCOc1cc[c-]cc1.SCCCOc1cc[c-]cc1.[Y]. The third kappa shape index (κ3) is 14.8. The first kappa shape index (κ1) is 24.7. The quantitative estimate of drug-likeness (QED) is 0.408. The molecule has 0 saturated heterocycles. The van der Waals surface area contributed by atoms with Crippen molar-refractivity contribution >= 4 is 12.6 Å². The van der Waals surface area contributed by atoms with Crippen molar-refractivity contribution in [3.8, 4) is 11.5 Å². The van der Waals surface area contributed by atoms with Crippen LogP contribution in [0.25, 0.3) is 0 Å². The number of benzene rings is 2. The maximum Gasteiger partial charge on any atom is 0.0858 e. The molecule has 125 valence electrons. The summed E-state index contributed by atoms with van der Waals surface area (Å²) in [6.45, 7) is 7.44. The van der Waals surface area contributed by atoms with Gasteiger partial charge in [-0.15, -0.1) is 24.3 Å². The molecule has 0 heterocycles. The molecule has 2 rings (SSSR count). The molecule has 4 heteroatoms. The van der Waals surface area contributed by atoms with E-state index in [-0.39, 0.29) is 32.7 Å². The van der Waals surface area contributed by atoms with Crippen molar-refractivity contribution in [2.24, 2.45) is 0 Å². The molecule has 2 aromatic carbocycles. The Bertz CT molecular complexity index is 438. The van der Waals surface area contributed by atoms with Crippen LogP contribution in [0.1, 0.15) is 27.2 Å². The monoisotopic (exact) mass is 407 g/mol. The van der Waals surface area contributed by atoms with Crippen molar-refractivity contribution in [2.45, 2.75) is 27.2 Å². The summed E-state index contributed by atoms with van der Waals surface area (Å²) in [5.41, 5.74) is 0. The van der Waals surface area contributed by atoms with E-state index in [1.165, 1.54) is 0 Å². The largest absolute Gasteiger partial charge is 0.519 e. The number of hydrogen-bond acceptors (Lipinski definition) is 3. The zero-order valence-corrected chi connectivity index (χ0v) is 18.0. The van der Waals surface area contributed by atoms with Crippen LogP contribution in [0, 0.1) is 12.1 Å². The van der Waals surface area contributed by atoms with Crippen LogP contribution in [0.4, 0.5) is 0 Å². The summed E-state index contributed by atoms with van der Waals surface area (Å²) in [5.74, 6) is 2.70. The van der Waals surface area contributed by atoms with Crippen LogP contribution in [0.15, 0.2) is 48.5 Å². The van der Waals surface area contributed by atoms with Gasteiger partial charge >= 0.3 is 0 Å². The zero-order valence-electron chi connectivity index (χ0n) is 14.3. The molecular weight excluding hydrogens is 381 g/mol. The first-order valence-electron chi connectivity index (χ1n) is 7.65. The second kappa shape index (κ2) is 19.5. The van der Waals surface area contributed by atoms with Crippen LogP contribution >= 0.6 is 12.6 Å². The van der Waals surface area contributed by atoms with Crippen LogP contribution in [0.5, 0.6) is 11.5 Å². The Labute approximate surface area is 172 Å². The fraction of sp³-hybridized carbons (Fsp3) is 0.368. The Morgan fingerprint density at radius 2 is 1.30 bits per heavy atom. The van der Waals surface area contributed by atoms with Crippen molar-refractivity contribution in [3.05, 3.63) is 60.7 Å². The summed E-state index contributed by atoms with van der Waals surface area (Å²) >= 11 is 4.08. The van der Waals surface area contributed by atoms with Crippen molar-refractivity contribution in [2.75, 3.05) is 19.0 Å². The van der Waals surface area contributed by atoms with E-state index < -0.39 is 0 Å². The number of ether oxygens (including phenoxy) is 2. The molecule has 0 atom stereocenters. The first-order valence-corrected chi connectivity index (χ1v) is 8.28. The minimum absolute atomic E-state index is 0. The molecule has 23 heavy (non-hydrogen) atoms. The normalized spacial score (nSPS) is 8.35. The van der Waals surface area contributed by atoms with Crippen molar-refractivity contribution < 1.29 is 42.2 Å². The predicted octanol–water partition coefficient (Wildman–Crippen LogP) is 5.09. The molecule has 0 N–H and O–H groups in total. The van der Waals surface area contributed by atoms with Crippen LogP contribution in [-0.2, 0) is 32.7 Å². The summed E-state index contributed by atoms with van der Waals surface area (Å²) in [6.07, 6.45) is 0.988. The maximum absolute atomic E-state index is 5.38. The average Bonchev–Trinajstić information content (AvgIpc) is 2.60. The second-order valence-corrected chi connectivity index (χ2v) is 4.28. The van der Waals surface area contributed by atoms with E-state index >= 15 is 0 Å². The molecule has 1 radical (unpaired) electrons. The van der Waals surface area contributed by atoms with Crippen molar-refractivity contribution in [1.82, 2.24) is 0 Å². The van der Waals surface area contributed by atoms with Gasteiger partial charge < -0.3 is 9.47 Å². The smallest absolute Gasteiger partial charge is 0.0858 e. The third-order valence-corrected chi connectivity index (χ3v) is 2.57. The Hall–Kier alpha value is -0.506. The van der Waals surface area contributed by atoms with Crippen LogP contribution in [-0.4, -0.2) is 19.0 Å². The van der Waals surface area contributed by atoms with Gasteiger partial charge in [0, 0.05) is 44.2 Å². The maximum atomic E-state index is 5.38. The van der Waals surface area contributed by atoms with Gasteiger partial charge in [-0.3, -0.25) is 0 Å². The number of hydrogen-bond donors (Lipinski definition) is 1. The third-order valence-electron chi connectivity index (χ3n) is 2.26. The molecule has 2 aromatic rings. The Morgan fingerprint density at radius 3 is 1.70 bits per heavy atom. The number of thiol groups is 1. The average molecular weight is 407 g/mol. The van der Waals surface area contributed by atoms with Crippen LogP contribution in [0.3, 0.4) is 0 Å². The summed E-state index contributed by atoms with van der Waals surface area (Å²) in [5, 5.41) is 0. The Balaban J connectivity index is 0. The van der Waals surface area contributed by atoms with Gasteiger partial charge in [0.15, 0.2) is 0 Å². The van der Waals surface area contributed by atoms with E-state index in [1.54, 1.807) is 0 Å². The van der Waals surface area contributed by atoms with Gasteiger partial charge in [-0.1, -0.05) is 13.8 Å². The van der Waals surface area contributed by atoms with Gasteiger partial charge in [-0.2, -0.15) is 49.0 Å². The summed E-state index contributed by atoms with van der Waals surface area (Å²) in [7, 11) is 0. The van der Waals surface area contributed by atoms with Gasteiger partial charge in [0.05, 0.1) is 13.2 Å². The molecule has 2 nitrogen and oxygen atoms in total. The second-order valence-electron chi connectivity index (χ2n) is 3.83. The van der Waals surface area contributed by atoms with Gasteiger partial charge in [0.25, 0.3) is 0 Å². The van der Waals surface area contributed by atoms with E-state index in [2.05, 4.69) is 24.8 Å². The minimum Gasteiger partial charge on any atom is -0.519 e. The molecule has 0 aliphatic carbocycles. The van der Waals surface area contributed by atoms with E-state index in [4.69, 9.17) is 9.47 Å². The van der Waals surface area contributed by atoms with E-state index in [0.29, 0.717) is 0 Å². The molecule has 0 unspecified atom stereocenters. The standard InChI is InChI=1S/C9H11OS.C8H9O.C2H6.Y/c11-8-4-7-10-9-5-2-1-3-6-9;1-2-9-8-6-4-3-5-7-8;1-2;/h2-3,5-6,11H,4,7-8H2;4-7H,2H2,1H3;1-2H3;/q2*-1;;. The summed E-state index contributed by atoms with van der Waals surface area (Å²) < 4.78 is 10.6. The Kier molecular flexibility index (Phi) is 21.0. The number of rotatable bonds is 6. The Morgan fingerprint density at radius 1 is 0.870 bits per heavy atom. The van der Waals surface area contributed by atoms with Gasteiger partial charge in [0.1, 0.15) is 0 Å². The predicted molar refractivity (Wildman–Crippen MR) is 97.0 cm³/mol.